The molecule has 3 heterocycles. The number of rotatable bonds is 4. The third kappa shape index (κ3) is 2.27. The van der Waals surface area contributed by atoms with Crippen LogP contribution in [0.3, 0.4) is 0 Å². The Kier molecular flexibility index (Phi) is 3.13. The fourth-order valence-corrected chi connectivity index (χ4v) is 2.77. The molecule has 0 aromatic carbocycles. The fraction of sp³-hybridized carbons (Fsp3) is 0.615. The third-order valence-corrected chi connectivity index (χ3v) is 4.13. The van der Waals surface area contributed by atoms with Crippen molar-refractivity contribution in [2.24, 2.45) is 5.73 Å². The van der Waals surface area contributed by atoms with Crippen molar-refractivity contribution < 1.29 is 9.84 Å². The molecule has 1 saturated carbocycles. The molecule has 1 aliphatic carbocycles. The molecule has 22 heavy (non-hydrogen) atoms. The van der Waals surface area contributed by atoms with Crippen LogP contribution in [0.4, 0.5) is 11.8 Å². The van der Waals surface area contributed by atoms with Crippen LogP contribution in [-0.4, -0.2) is 49.4 Å². The van der Waals surface area contributed by atoms with Gasteiger partial charge in [0.1, 0.15) is 6.23 Å². The van der Waals surface area contributed by atoms with Gasteiger partial charge in [0.2, 0.25) is 5.95 Å². The van der Waals surface area contributed by atoms with E-state index in [0.717, 1.165) is 12.8 Å². The zero-order valence-electron chi connectivity index (χ0n) is 12.0. The summed E-state index contributed by atoms with van der Waals surface area (Å²) in [6, 6.07) is 0.230. The molecule has 0 unspecified atom stereocenters. The van der Waals surface area contributed by atoms with Crippen LogP contribution in [0.15, 0.2) is 6.33 Å². The molecule has 2 aliphatic rings. The third-order valence-electron chi connectivity index (χ3n) is 4.13. The van der Waals surface area contributed by atoms with Crippen molar-refractivity contribution in [3.63, 3.8) is 0 Å². The maximum atomic E-state index is 9.27. The van der Waals surface area contributed by atoms with E-state index in [1.807, 2.05) is 0 Å². The van der Waals surface area contributed by atoms with E-state index < -0.39 is 0 Å². The highest BCUT2D eigenvalue weighted by atomic mass is 16.5. The van der Waals surface area contributed by atoms with E-state index in [9.17, 15) is 5.11 Å². The van der Waals surface area contributed by atoms with Crippen molar-refractivity contribution >= 4 is 22.9 Å². The number of nitrogens with one attached hydrogen (secondary N) is 1. The van der Waals surface area contributed by atoms with Crippen LogP contribution in [0, 0.1) is 0 Å². The average Bonchev–Trinajstić information content (AvgIpc) is 3.07. The highest BCUT2D eigenvalue weighted by molar-refractivity contribution is 5.84. The minimum Gasteiger partial charge on any atom is -0.394 e. The first-order valence-corrected chi connectivity index (χ1v) is 7.44. The summed E-state index contributed by atoms with van der Waals surface area (Å²) in [5, 5.41) is 12.6. The van der Waals surface area contributed by atoms with Crippen LogP contribution in [0.25, 0.3) is 11.2 Å². The molecule has 0 radical (unpaired) electrons. The molecule has 0 amide bonds. The van der Waals surface area contributed by atoms with Gasteiger partial charge < -0.3 is 26.6 Å². The van der Waals surface area contributed by atoms with Crippen molar-refractivity contribution in [2.75, 3.05) is 17.7 Å². The summed E-state index contributed by atoms with van der Waals surface area (Å²) in [6.45, 7) is -0.101. The smallest absolute Gasteiger partial charge is 0.224 e. The summed E-state index contributed by atoms with van der Waals surface area (Å²) in [4.78, 5) is 12.9. The molecule has 2 fully saturated rings. The van der Waals surface area contributed by atoms with Crippen molar-refractivity contribution in [3.8, 4) is 0 Å². The molecule has 2 aromatic heterocycles. The van der Waals surface area contributed by atoms with E-state index in [4.69, 9.17) is 16.2 Å². The number of aromatic nitrogens is 4. The van der Waals surface area contributed by atoms with Gasteiger partial charge in [0.25, 0.3) is 0 Å². The molecule has 0 bridgehead atoms. The Morgan fingerprint density at radius 3 is 2.91 bits per heavy atom. The summed E-state index contributed by atoms with van der Waals surface area (Å²) in [7, 11) is 0. The van der Waals surface area contributed by atoms with Gasteiger partial charge in [-0.25, -0.2) is 4.98 Å². The number of hydrogen-bond acceptors (Lipinski definition) is 8. The molecule has 1 saturated heterocycles. The molecule has 4 rings (SSSR count). The summed E-state index contributed by atoms with van der Waals surface area (Å²) in [6.07, 6.45) is 3.83. The number of anilines is 2. The molecule has 1 aliphatic heterocycles. The molecule has 118 valence electrons. The minimum absolute atomic E-state index is 0.101. The maximum absolute atomic E-state index is 9.27. The number of hydrogen-bond donors (Lipinski definition) is 4. The fourth-order valence-electron chi connectivity index (χ4n) is 2.77. The number of fused-ring (bicyclic) bond motifs is 1. The monoisotopic (exact) mass is 305 g/mol. The second kappa shape index (κ2) is 5.04. The highest BCUT2D eigenvalue weighted by Gasteiger charge is 2.34. The van der Waals surface area contributed by atoms with Crippen molar-refractivity contribution in [1.29, 1.82) is 0 Å². The van der Waals surface area contributed by atoms with Gasteiger partial charge in [0.05, 0.1) is 19.0 Å². The number of imidazole rings is 1. The number of aliphatic hydroxyl groups is 1. The molecule has 2 aromatic rings. The minimum atomic E-state index is -0.370. The molecule has 3 atom stereocenters. The highest BCUT2D eigenvalue weighted by Crippen LogP contribution is 2.32. The van der Waals surface area contributed by atoms with Gasteiger partial charge in [-0.05, 0) is 12.8 Å². The van der Waals surface area contributed by atoms with E-state index in [2.05, 4.69) is 20.3 Å². The van der Waals surface area contributed by atoms with E-state index in [0.29, 0.717) is 29.4 Å². The molecule has 9 heteroatoms. The van der Waals surface area contributed by atoms with Gasteiger partial charge in [-0.15, -0.1) is 0 Å². The lowest BCUT2D eigenvalue weighted by molar-refractivity contribution is -0.0233. The number of ether oxygens (including phenoxy) is 1. The Balaban J connectivity index is 1.71. The second-order valence-electron chi connectivity index (χ2n) is 5.88. The summed E-state index contributed by atoms with van der Waals surface area (Å²) >= 11 is 0. The number of nitrogens with two attached hydrogens (primary N) is 2. The predicted molar refractivity (Wildman–Crippen MR) is 80.0 cm³/mol. The second-order valence-corrected chi connectivity index (χ2v) is 5.88. The first-order valence-electron chi connectivity index (χ1n) is 7.44. The quantitative estimate of drug-likeness (QED) is 0.598. The SMILES string of the molecule is Nc1nc(NC2CC2)c2ncn([C@H]3C[C@@H](N)[C@@H](CO)O3)c2n1. The van der Waals surface area contributed by atoms with Gasteiger partial charge in [-0.3, -0.25) is 4.57 Å². The van der Waals surface area contributed by atoms with Crippen LogP contribution in [0.2, 0.25) is 0 Å². The Morgan fingerprint density at radius 1 is 1.41 bits per heavy atom. The molecule has 6 N–H and O–H groups in total. The topological polar surface area (TPSA) is 137 Å². The zero-order chi connectivity index (χ0) is 15.3. The standard InChI is InChI=1S/C13H19N7O2/c14-7-3-9(22-8(7)4-21)20-5-16-10-11(17-6-1-2-6)18-13(15)19-12(10)20/h5-9,21H,1-4,14H2,(H3,15,17,18,19)/t7-,8-,9-/m1/s1. The number of nitrogens with zero attached hydrogens (tertiary/aromatic N) is 4. The number of nitrogen functional groups attached to an aromatic ring is 1. The normalized spacial score (nSPS) is 28.4. The van der Waals surface area contributed by atoms with Crippen molar-refractivity contribution in [1.82, 2.24) is 19.5 Å². The maximum Gasteiger partial charge on any atom is 0.224 e. The first-order chi connectivity index (χ1) is 10.7. The lowest BCUT2D eigenvalue weighted by Gasteiger charge is -2.14. The largest absolute Gasteiger partial charge is 0.394 e. The van der Waals surface area contributed by atoms with Gasteiger partial charge >= 0.3 is 0 Å². The molecular weight excluding hydrogens is 286 g/mol. The number of aliphatic hydroxyl groups excluding tert-OH is 1. The summed E-state index contributed by atoms with van der Waals surface area (Å²) < 4.78 is 7.58. The van der Waals surface area contributed by atoms with Crippen LogP contribution >= 0.6 is 0 Å². The van der Waals surface area contributed by atoms with Crippen LogP contribution in [0.5, 0.6) is 0 Å². The van der Waals surface area contributed by atoms with Crippen molar-refractivity contribution in [2.45, 2.75) is 43.7 Å². The van der Waals surface area contributed by atoms with Crippen LogP contribution in [0.1, 0.15) is 25.5 Å². The van der Waals surface area contributed by atoms with Gasteiger partial charge in [0, 0.05) is 18.5 Å². The van der Waals surface area contributed by atoms with E-state index in [1.165, 1.54) is 0 Å². The van der Waals surface area contributed by atoms with Crippen LogP contribution < -0.4 is 16.8 Å². The van der Waals surface area contributed by atoms with Gasteiger partial charge in [-0.2, -0.15) is 9.97 Å². The summed E-state index contributed by atoms with van der Waals surface area (Å²) in [5.41, 5.74) is 13.1. The lowest BCUT2D eigenvalue weighted by Crippen LogP contribution is -2.32. The van der Waals surface area contributed by atoms with Gasteiger partial charge in [-0.1, -0.05) is 0 Å². The zero-order valence-corrected chi connectivity index (χ0v) is 12.0. The van der Waals surface area contributed by atoms with E-state index in [1.54, 1.807) is 10.9 Å². The van der Waals surface area contributed by atoms with E-state index in [-0.39, 0.29) is 30.9 Å². The average molecular weight is 305 g/mol. The Labute approximate surface area is 126 Å². The van der Waals surface area contributed by atoms with Gasteiger partial charge in [0.15, 0.2) is 17.0 Å². The van der Waals surface area contributed by atoms with Crippen molar-refractivity contribution in [3.05, 3.63) is 6.33 Å². The predicted octanol–water partition coefficient (Wildman–Crippen LogP) is -0.410. The van der Waals surface area contributed by atoms with E-state index >= 15 is 0 Å². The summed E-state index contributed by atoms with van der Waals surface area (Å²) in [5.74, 6) is 0.850. The molecular formula is C13H19N7O2. The Hall–Kier alpha value is -1.97. The Morgan fingerprint density at radius 2 is 2.23 bits per heavy atom. The molecule has 0 spiro atoms. The molecule has 9 nitrogen and oxygen atoms in total. The van der Waals surface area contributed by atoms with Crippen LogP contribution in [-0.2, 0) is 4.74 Å². The lowest BCUT2D eigenvalue weighted by atomic mass is 10.1. The Bertz CT molecular complexity index is 699. The first kappa shape index (κ1) is 13.7.